The molecule has 0 aromatic heterocycles. The zero-order valence-corrected chi connectivity index (χ0v) is 12.0. The van der Waals surface area contributed by atoms with Crippen LogP contribution in [-0.2, 0) is 4.84 Å². The molecule has 1 unspecified atom stereocenters. The van der Waals surface area contributed by atoms with Crippen molar-refractivity contribution in [3.63, 3.8) is 0 Å². The second-order valence-corrected chi connectivity index (χ2v) is 5.42. The fraction of sp³-hybridized carbons (Fsp3) is 0.562. The summed E-state index contributed by atoms with van der Waals surface area (Å²) in [5.41, 5.74) is 2.06. The maximum absolute atomic E-state index is 5.43. The van der Waals surface area contributed by atoms with Gasteiger partial charge in [-0.15, -0.1) is 0 Å². The number of hydrogen-bond acceptors (Lipinski definition) is 3. The molecule has 0 radical (unpaired) electrons. The minimum atomic E-state index is 0.677. The first-order valence-electron chi connectivity index (χ1n) is 7.20. The topological polar surface area (TPSA) is 24.8 Å². The molecule has 0 saturated carbocycles. The molecule has 1 aromatic carbocycles. The van der Waals surface area contributed by atoms with Gasteiger partial charge in [-0.3, -0.25) is 4.90 Å². The highest BCUT2D eigenvalue weighted by Crippen LogP contribution is 2.14. The Kier molecular flexibility index (Phi) is 5.40. The molecule has 0 aliphatic carbocycles. The molecule has 1 aliphatic rings. The Morgan fingerprint density at radius 2 is 2.16 bits per heavy atom. The zero-order chi connectivity index (χ0) is 13.5. The highest BCUT2D eigenvalue weighted by atomic mass is 16.6. The summed E-state index contributed by atoms with van der Waals surface area (Å²) in [5, 5.41) is 4.19. The van der Waals surface area contributed by atoms with E-state index in [1.54, 1.807) is 0 Å². The molecule has 1 heterocycles. The fourth-order valence-corrected chi connectivity index (χ4v) is 2.53. The Labute approximate surface area is 116 Å². The van der Waals surface area contributed by atoms with E-state index < -0.39 is 0 Å². The van der Waals surface area contributed by atoms with E-state index in [1.165, 1.54) is 25.9 Å². The van der Waals surface area contributed by atoms with Crippen molar-refractivity contribution in [3.8, 4) is 0 Å². The van der Waals surface area contributed by atoms with Gasteiger partial charge in [0.15, 0.2) is 0 Å². The van der Waals surface area contributed by atoms with Gasteiger partial charge in [0.2, 0.25) is 0 Å². The van der Waals surface area contributed by atoms with Gasteiger partial charge < -0.3 is 4.84 Å². The van der Waals surface area contributed by atoms with Crippen molar-refractivity contribution in [1.29, 1.82) is 0 Å². The van der Waals surface area contributed by atoms with Gasteiger partial charge in [0.05, 0.1) is 5.71 Å². The number of likely N-dealkylation sites (tertiary alicyclic amines) is 1. The lowest BCUT2D eigenvalue weighted by Gasteiger charge is -2.30. The summed E-state index contributed by atoms with van der Waals surface area (Å²) in [6.45, 7) is 8.37. The Morgan fingerprint density at radius 3 is 2.89 bits per heavy atom. The lowest BCUT2D eigenvalue weighted by molar-refractivity contribution is 0.0920. The van der Waals surface area contributed by atoms with Crippen LogP contribution in [0, 0.1) is 5.92 Å². The lowest BCUT2D eigenvalue weighted by atomic mass is 10.0. The molecule has 0 spiro atoms. The highest BCUT2D eigenvalue weighted by molar-refractivity contribution is 5.98. The quantitative estimate of drug-likeness (QED) is 0.461. The van der Waals surface area contributed by atoms with Gasteiger partial charge >= 0.3 is 0 Å². The van der Waals surface area contributed by atoms with Crippen LogP contribution < -0.4 is 0 Å². The minimum absolute atomic E-state index is 0.677. The van der Waals surface area contributed by atoms with Crippen LogP contribution in [0.2, 0.25) is 0 Å². The summed E-state index contributed by atoms with van der Waals surface area (Å²) in [6.07, 6.45) is 2.68. The smallest absolute Gasteiger partial charge is 0.129 e. The maximum Gasteiger partial charge on any atom is 0.129 e. The van der Waals surface area contributed by atoms with Gasteiger partial charge in [-0.05, 0) is 37.8 Å². The third-order valence-electron chi connectivity index (χ3n) is 3.63. The average molecular weight is 260 g/mol. The van der Waals surface area contributed by atoms with Crippen molar-refractivity contribution < 1.29 is 4.84 Å². The maximum atomic E-state index is 5.43. The first-order chi connectivity index (χ1) is 9.25. The molecule has 0 amide bonds. The minimum Gasteiger partial charge on any atom is -0.394 e. The average Bonchev–Trinajstić information content (AvgIpc) is 2.44. The summed E-state index contributed by atoms with van der Waals surface area (Å²) in [5.74, 6) is 0.823. The van der Waals surface area contributed by atoms with Crippen LogP contribution in [0.25, 0.3) is 0 Å². The van der Waals surface area contributed by atoms with Gasteiger partial charge in [0.1, 0.15) is 6.61 Å². The molecule has 104 valence electrons. The molecule has 1 aromatic rings. The Hall–Kier alpha value is -1.35. The SMILES string of the molecule is C/C(=N\OCCN1CCCC(C)C1)c1ccccc1. The van der Waals surface area contributed by atoms with E-state index in [-0.39, 0.29) is 0 Å². The molecule has 0 bridgehead atoms. The third kappa shape index (κ3) is 4.67. The van der Waals surface area contributed by atoms with E-state index in [2.05, 4.69) is 29.1 Å². The lowest BCUT2D eigenvalue weighted by Crippen LogP contribution is -2.36. The van der Waals surface area contributed by atoms with Crippen molar-refractivity contribution in [1.82, 2.24) is 4.90 Å². The van der Waals surface area contributed by atoms with Crippen LogP contribution in [0.15, 0.2) is 35.5 Å². The van der Waals surface area contributed by atoms with Crippen LogP contribution in [0.5, 0.6) is 0 Å². The van der Waals surface area contributed by atoms with Gasteiger partial charge in [-0.25, -0.2) is 0 Å². The molecule has 3 nitrogen and oxygen atoms in total. The number of rotatable bonds is 5. The Morgan fingerprint density at radius 1 is 1.37 bits per heavy atom. The second-order valence-electron chi connectivity index (χ2n) is 5.42. The standard InChI is InChI=1S/C16H24N2O/c1-14-7-6-10-18(13-14)11-12-19-17-15(2)16-8-4-3-5-9-16/h3-5,8-9,14H,6-7,10-13H2,1-2H3/b17-15+. The van der Waals surface area contributed by atoms with Crippen molar-refractivity contribution in [2.24, 2.45) is 11.1 Å². The van der Waals surface area contributed by atoms with E-state index >= 15 is 0 Å². The molecule has 0 N–H and O–H groups in total. The third-order valence-corrected chi connectivity index (χ3v) is 3.63. The summed E-state index contributed by atoms with van der Waals surface area (Å²) < 4.78 is 0. The normalized spacial score (nSPS) is 21.4. The van der Waals surface area contributed by atoms with Gasteiger partial charge in [0.25, 0.3) is 0 Å². The second kappa shape index (κ2) is 7.29. The molecule has 3 heteroatoms. The van der Waals surface area contributed by atoms with Crippen molar-refractivity contribution in [2.75, 3.05) is 26.2 Å². The van der Waals surface area contributed by atoms with Crippen LogP contribution in [-0.4, -0.2) is 36.9 Å². The number of hydrogen-bond donors (Lipinski definition) is 0. The Bertz CT molecular complexity index is 402. The van der Waals surface area contributed by atoms with E-state index in [0.29, 0.717) is 6.61 Å². The first-order valence-corrected chi connectivity index (χ1v) is 7.20. The molecule has 1 fully saturated rings. The van der Waals surface area contributed by atoms with Crippen molar-refractivity contribution >= 4 is 5.71 Å². The van der Waals surface area contributed by atoms with Crippen LogP contribution in [0.1, 0.15) is 32.3 Å². The predicted molar refractivity (Wildman–Crippen MR) is 79.4 cm³/mol. The number of oxime groups is 1. The Balaban J connectivity index is 1.71. The molecule has 19 heavy (non-hydrogen) atoms. The summed E-state index contributed by atoms with van der Waals surface area (Å²) in [7, 11) is 0. The first kappa shape index (κ1) is 14.1. The molecule has 1 aliphatic heterocycles. The summed E-state index contributed by atoms with van der Waals surface area (Å²) >= 11 is 0. The predicted octanol–water partition coefficient (Wildman–Crippen LogP) is 3.16. The van der Waals surface area contributed by atoms with E-state index in [0.717, 1.165) is 23.7 Å². The largest absolute Gasteiger partial charge is 0.394 e. The summed E-state index contributed by atoms with van der Waals surface area (Å²) in [4.78, 5) is 7.91. The fourth-order valence-electron chi connectivity index (χ4n) is 2.53. The number of piperidine rings is 1. The zero-order valence-electron chi connectivity index (χ0n) is 12.0. The monoisotopic (exact) mass is 260 g/mol. The van der Waals surface area contributed by atoms with E-state index in [1.807, 2.05) is 25.1 Å². The van der Waals surface area contributed by atoms with E-state index in [9.17, 15) is 0 Å². The van der Waals surface area contributed by atoms with Crippen molar-refractivity contribution in [2.45, 2.75) is 26.7 Å². The van der Waals surface area contributed by atoms with E-state index in [4.69, 9.17) is 4.84 Å². The highest BCUT2D eigenvalue weighted by Gasteiger charge is 2.15. The van der Waals surface area contributed by atoms with Crippen LogP contribution in [0.3, 0.4) is 0 Å². The van der Waals surface area contributed by atoms with Gasteiger partial charge in [-0.1, -0.05) is 42.4 Å². The van der Waals surface area contributed by atoms with Crippen LogP contribution in [0.4, 0.5) is 0 Å². The molecular formula is C16H24N2O. The summed E-state index contributed by atoms with van der Waals surface area (Å²) in [6, 6.07) is 10.1. The molecule has 1 saturated heterocycles. The van der Waals surface area contributed by atoms with Gasteiger partial charge in [0, 0.05) is 13.1 Å². The molecule has 2 rings (SSSR count). The number of benzene rings is 1. The van der Waals surface area contributed by atoms with Gasteiger partial charge in [-0.2, -0.15) is 0 Å². The number of nitrogens with zero attached hydrogens (tertiary/aromatic N) is 2. The molecular weight excluding hydrogens is 236 g/mol. The van der Waals surface area contributed by atoms with Crippen molar-refractivity contribution in [3.05, 3.63) is 35.9 Å². The van der Waals surface area contributed by atoms with Crippen LogP contribution >= 0.6 is 0 Å². The molecule has 1 atom stereocenters.